The van der Waals surface area contributed by atoms with Crippen LogP contribution in [0.3, 0.4) is 0 Å². The normalized spacial score (nSPS) is 14.8. The van der Waals surface area contributed by atoms with Crippen molar-refractivity contribution in [2.45, 2.75) is 40.2 Å². The Morgan fingerprint density at radius 3 is 2.78 bits per heavy atom. The van der Waals surface area contributed by atoms with Crippen LogP contribution >= 0.6 is 0 Å². The molecule has 4 rings (SSSR count). The molecule has 0 spiro atoms. The van der Waals surface area contributed by atoms with E-state index < -0.39 is 5.82 Å². The minimum atomic E-state index is -0.410. The number of rotatable bonds is 5. The molecule has 170 valence electrons. The third-order valence-electron chi connectivity index (χ3n) is 6.24. The van der Waals surface area contributed by atoms with Crippen molar-refractivity contribution in [3.05, 3.63) is 53.9 Å². The fraction of sp³-hybridized carbons (Fsp3) is 0.440. The van der Waals surface area contributed by atoms with Crippen molar-refractivity contribution in [3.63, 3.8) is 0 Å². The molecule has 0 atom stereocenters. The fourth-order valence-corrected chi connectivity index (χ4v) is 4.53. The van der Waals surface area contributed by atoms with Gasteiger partial charge in [-0.05, 0) is 64.4 Å². The molecule has 1 aliphatic rings. The molecule has 0 radical (unpaired) electrons. The summed E-state index contributed by atoms with van der Waals surface area (Å²) in [5.41, 5.74) is 4.00. The maximum atomic E-state index is 14.3. The number of pyridine rings is 1. The van der Waals surface area contributed by atoms with E-state index in [1.165, 1.54) is 12.1 Å². The van der Waals surface area contributed by atoms with Gasteiger partial charge in [-0.25, -0.2) is 9.37 Å². The third-order valence-corrected chi connectivity index (χ3v) is 6.24. The smallest absolute Gasteiger partial charge is 0.254 e. The van der Waals surface area contributed by atoms with Crippen molar-refractivity contribution < 1.29 is 9.18 Å². The Kier molecular flexibility index (Phi) is 6.46. The van der Waals surface area contributed by atoms with Crippen molar-refractivity contribution in [3.8, 4) is 11.1 Å². The lowest BCUT2D eigenvalue weighted by Crippen LogP contribution is -2.37. The van der Waals surface area contributed by atoms with E-state index in [0.29, 0.717) is 12.1 Å². The lowest BCUT2D eigenvalue weighted by molar-refractivity contribution is 0.0717. The number of aromatic nitrogens is 2. The number of amides is 1. The summed E-state index contributed by atoms with van der Waals surface area (Å²) in [6.07, 6.45) is 5.01. The van der Waals surface area contributed by atoms with E-state index in [9.17, 15) is 9.18 Å². The van der Waals surface area contributed by atoms with E-state index in [4.69, 9.17) is 0 Å². The summed E-state index contributed by atoms with van der Waals surface area (Å²) in [7, 11) is 0. The molecule has 7 heteroatoms. The molecule has 1 N–H and O–H groups in total. The number of aryl methyl sites for hydroxylation is 1. The standard InChI is InChI=1S/C25H32FN5O/c1-5-30(17(2)3)25(32)23-13-19(26)7-8-21(23)22-14-20(29-11-6-9-27-10-12-29)16-31-18(4)28-15-24(22)31/h7-8,13-17,27H,5-6,9-12H2,1-4H3. The summed E-state index contributed by atoms with van der Waals surface area (Å²) >= 11 is 0. The van der Waals surface area contributed by atoms with Crippen LogP contribution in [0.2, 0.25) is 0 Å². The van der Waals surface area contributed by atoms with Gasteiger partial charge in [-0.1, -0.05) is 6.07 Å². The second kappa shape index (κ2) is 9.28. The number of carbonyl (C=O) groups excluding carboxylic acids is 1. The number of carbonyl (C=O) groups is 1. The van der Waals surface area contributed by atoms with Crippen molar-refractivity contribution in [1.82, 2.24) is 19.6 Å². The molecule has 32 heavy (non-hydrogen) atoms. The molecule has 1 fully saturated rings. The van der Waals surface area contributed by atoms with E-state index >= 15 is 0 Å². The second-order valence-electron chi connectivity index (χ2n) is 8.64. The minimum Gasteiger partial charge on any atom is -0.369 e. The Morgan fingerprint density at radius 1 is 1.22 bits per heavy atom. The predicted octanol–water partition coefficient (Wildman–Crippen LogP) is 4.12. The molecule has 1 aromatic carbocycles. The van der Waals surface area contributed by atoms with Crippen LogP contribution in [-0.2, 0) is 0 Å². The molecule has 6 nitrogen and oxygen atoms in total. The van der Waals surface area contributed by atoms with Crippen LogP contribution in [0.1, 0.15) is 43.4 Å². The Balaban J connectivity index is 1.90. The molecule has 0 aliphatic carbocycles. The monoisotopic (exact) mass is 437 g/mol. The van der Waals surface area contributed by atoms with Gasteiger partial charge in [0.25, 0.3) is 5.91 Å². The lowest BCUT2D eigenvalue weighted by atomic mass is 9.97. The van der Waals surface area contributed by atoms with Gasteiger partial charge in [0.15, 0.2) is 0 Å². The maximum Gasteiger partial charge on any atom is 0.254 e. The number of hydrogen-bond donors (Lipinski definition) is 1. The molecule has 0 bridgehead atoms. The summed E-state index contributed by atoms with van der Waals surface area (Å²) in [4.78, 5) is 22.1. The Morgan fingerprint density at radius 2 is 2.03 bits per heavy atom. The van der Waals surface area contributed by atoms with Crippen LogP contribution in [0.15, 0.2) is 36.7 Å². The lowest BCUT2D eigenvalue weighted by Gasteiger charge is -2.27. The Labute approximate surface area is 189 Å². The first-order valence-corrected chi connectivity index (χ1v) is 11.4. The van der Waals surface area contributed by atoms with Crippen molar-refractivity contribution in [2.24, 2.45) is 0 Å². The summed E-state index contributed by atoms with van der Waals surface area (Å²) < 4.78 is 16.4. The topological polar surface area (TPSA) is 52.9 Å². The summed E-state index contributed by atoms with van der Waals surface area (Å²) in [5.74, 6) is 0.312. The number of nitrogens with zero attached hydrogens (tertiary/aromatic N) is 4. The van der Waals surface area contributed by atoms with Crippen LogP contribution in [0.4, 0.5) is 10.1 Å². The minimum absolute atomic E-state index is 0.0248. The highest BCUT2D eigenvalue weighted by Crippen LogP contribution is 2.34. The number of nitrogens with one attached hydrogen (secondary N) is 1. The van der Waals surface area contributed by atoms with E-state index in [1.54, 1.807) is 11.0 Å². The molecule has 0 unspecified atom stereocenters. The quantitative estimate of drug-likeness (QED) is 0.653. The fourth-order valence-electron chi connectivity index (χ4n) is 4.53. The van der Waals surface area contributed by atoms with Crippen molar-refractivity contribution >= 4 is 17.1 Å². The molecule has 3 heterocycles. The molecule has 1 amide bonds. The number of benzene rings is 1. The zero-order valence-corrected chi connectivity index (χ0v) is 19.4. The predicted molar refractivity (Wildman–Crippen MR) is 127 cm³/mol. The van der Waals surface area contributed by atoms with Gasteiger partial charge in [-0.15, -0.1) is 0 Å². The highest BCUT2D eigenvalue weighted by Gasteiger charge is 2.24. The second-order valence-corrected chi connectivity index (χ2v) is 8.64. The van der Waals surface area contributed by atoms with Gasteiger partial charge >= 0.3 is 0 Å². The van der Waals surface area contributed by atoms with Crippen LogP contribution in [-0.4, -0.2) is 59.0 Å². The molecule has 3 aromatic rings. The summed E-state index contributed by atoms with van der Waals surface area (Å²) in [6.45, 7) is 12.2. The van der Waals surface area contributed by atoms with Crippen molar-refractivity contribution in [2.75, 3.05) is 37.6 Å². The first-order valence-electron chi connectivity index (χ1n) is 11.4. The van der Waals surface area contributed by atoms with E-state index in [2.05, 4.69) is 31.9 Å². The zero-order valence-electron chi connectivity index (χ0n) is 19.4. The first-order chi connectivity index (χ1) is 15.4. The summed E-state index contributed by atoms with van der Waals surface area (Å²) in [6, 6.07) is 6.67. The van der Waals surface area contributed by atoms with Gasteiger partial charge in [0.05, 0.1) is 23.0 Å². The molecular weight excluding hydrogens is 405 g/mol. The largest absolute Gasteiger partial charge is 0.369 e. The van der Waals surface area contributed by atoms with E-state index in [0.717, 1.165) is 60.8 Å². The number of fused-ring (bicyclic) bond motifs is 1. The third kappa shape index (κ3) is 4.21. The molecule has 1 saturated heterocycles. The number of halogens is 1. The Bertz CT molecular complexity index is 1110. The van der Waals surface area contributed by atoms with Gasteiger partial charge in [0.2, 0.25) is 0 Å². The van der Waals surface area contributed by atoms with Gasteiger partial charge in [-0.2, -0.15) is 0 Å². The van der Waals surface area contributed by atoms with Crippen LogP contribution < -0.4 is 10.2 Å². The SMILES string of the molecule is CCN(C(=O)c1cc(F)ccc1-c1cc(N2CCCNCC2)cn2c(C)ncc12)C(C)C. The van der Waals surface area contributed by atoms with Gasteiger partial charge in [0, 0.05) is 44.0 Å². The Hall–Kier alpha value is -2.93. The average molecular weight is 438 g/mol. The highest BCUT2D eigenvalue weighted by atomic mass is 19.1. The van der Waals surface area contributed by atoms with Gasteiger partial charge in [-0.3, -0.25) is 4.79 Å². The molecule has 0 saturated carbocycles. The number of hydrogen-bond acceptors (Lipinski definition) is 4. The molecule has 2 aromatic heterocycles. The van der Waals surface area contributed by atoms with Crippen LogP contribution in [0.25, 0.3) is 16.6 Å². The van der Waals surface area contributed by atoms with Crippen LogP contribution in [0.5, 0.6) is 0 Å². The molecule has 1 aliphatic heterocycles. The first kappa shape index (κ1) is 22.3. The number of anilines is 1. The van der Waals surface area contributed by atoms with Crippen molar-refractivity contribution in [1.29, 1.82) is 0 Å². The van der Waals surface area contributed by atoms with Gasteiger partial charge < -0.3 is 19.5 Å². The molecular formula is C25H32FN5O. The van der Waals surface area contributed by atoms with E-state index in [1.807, 2.05) is 33.9 Å². The zero-order chi connectivity index (χ0) is 22.8. The van der Waals surface area contributed by atoms with E-state index in [-0.39, 0.29) is 11.9 Å². The number of imidazole rings is 1. The average Bonchev–Trinajstić information content (AvgIpc) is 2.97. The van der Waals surface area contributed by atoms with Crippen LogP contribution in [0, 0.1) is 12.7 Å². The maximum absolute atomic E-state index is 14.3. The van der Waals surface area contributed by atoms with Gasteiger partial charge in [0.1, 0.15) is 11.6 Å². The highest BCUT2D eigenvalue weighted by molar-refractivity contribution is 6.03. The summed E-state index contributed by atoms with van der Waals surface area (Å²) in [5, 5.41) is 3.44.